The van der Waals surface area contributed by atoms with Gasteiger partial charge in [0, 0.05) is 6.20 Å². The lowest BCUT2D eigenvalue weighted by molar-refractivity contribution is 0.417. The summed E-state index contributed by atoms with van der Waals surface area (Å²) in [6, 6.07) is 5.69. The van der Waals surface area contributed by atoms with Crippen molar-refractivity contribution < 1.29 is 4.74 Å². The molecule has 0 saturated heterocycles. The van der Waals surface area contributed by atoms with E-state index in [0.29, 0.717) is 21.4 Å². The normalized spacial score (nSPS) is 10.1. The number of rotatable bonds is 1. The zero-order valence-electron chi connectivity index (χ0n) is 7.36. The van der Waals surface area contributed by atoms with E-state index in [9.17, 15) is 0 Å². The Morgan fingerprint density at radius 2 is 2.43 bits per heavy atom. The largest absolute Gasteiger partial charge is 0.494 e. The molecule has 0 aromatic carbocycles. The molecule has 0 aliphatic rings. The Morgan fingerprint density at radius 1 is 1.64 bits per heavy atom. The molecule has 2 heterocycles. The topological polar surface area (TPSA) is 50.3 Å². The van der Waals surface area contributed by atoms with Gasteiger partial charge in [0.2, 0.25) is 0 Å². The number of nitrogens with zero attached hydrogens (tertiary/aromatic N) is 3. The van der Waals surface area contributed by atoms with Gasteiger partial charge in [-0.1, -0.05) is 0 Å². The summed E-state index contributed by atoms with van der Waals surface area (Å²) in [4.78, 5) is 0. The van der Waals surface area contributed by atoms with Gasteiger partial charge in [-0.15, -0.1) is 0 Å². The van der Waals surface area contributed by atoms with E-state index in [2.05, 4.69) is 27.1 Å². The van der Waals surface area contributed by atoms with Crippen LogP contribution in [0.2, 0.25) is 0 Å². The van der Waals surface area contributed by atoms with Crippen LogP contribution in [0.1, 0.15) is 5.56 Å². The van der Waals surface area contributed by atoms with Crippen molar-refractivity contribution in [1.82, 2.24) is 9.61 Å². The molecule has 0 fully saturated rings. The second kappa shape index (κ2) is 3.31. The van der Waals surface area contributed by atoms with Crippen LogP contribution in [0.5, 0.6) is 5.75 Å². The molecule has 0 unspecified atom stereocenters. The second-order valence-electron chi connectivity index (χ2n) is 2.65. The molecule has 0 spiro atoms. The van der Waals surface area contributed by atoms with Crippen LogP contribution in [0.4, 0.5) is 0 Å². The van der Waals surface area contributed by atoms with Crippen molar-refractivity contribution in [3.8, 4) is 11.8 Å². The predicted octanol–water partition coefficient (Wildman–Crippen LogP) is 1.98. The number of fused-ring (bicyclic) bond motifs is 1. The van der Waals surface area contributed by atoms with Gasteiger partial charge < -0.3 is 4.74 Å². The molecule has 0 amide bonds. The minimum absolute atomic E-state index is 0.488. The van der Waals surface area contributed by atoms with Crippen molar-refractivity contribution in [3.05, 3.63) is 28.5 Å². The third kappa shape index (κ3) is 1.16. The number of pyridine rings is 1. The summed E-state index contributed by atoms with van der Waals surface area (Å²) in [7, 11) is 1.57. The minimum Gasteiger partial charge on any atom is -0.494 e. The number of ether oxygens (including phenoxy) is 1. The molecular weight excluding hydrogens is 246 g/mol. The maximum absolute atomic E-state index is 8.94. The third-order valence-electron chi connectivity index (χ3n) is 1.91. The number of hydrogen-bond acceptors (Lipinski definition) is 3. The van der Waals surface area contributed by atoms with Crippen LogP contribution in [0, 0.1) is 11.3 Å². The molecule has 2 aromatic rings. The van der Waals surface area contributed by atoms with Gasteiger partial charge in [-0.25, -0.2) is 4.52 Å². The maximum atomic E-state index is 8.94. The van der Waals surface area contributed by atoms with Crippen molar-refractivity contribution in [1.29, 1.82) is 5.26 Å². The first kappa shape index (κ1) is 9.03. The van der Waals surface area contributed by atoms with Crippen molar-refractivity contribution >= 4 is 21.4 Å². The average Bonchev–Trinajstić information content (AvgIpc) is 2.52. The Kier molecular flexibility index (Phi) is 2.14. The summed E-state index contributed by atoms with van der Waals surface area (Å²) in [6.07, 6.45) is 1.77. The standard InChI is InChI=1S/C9H6BrN3O/c1-14-7-3-2-4-13-8(7)6(5-11)9(10)12-13/h2-4H,1H3. The minimum atomic E-state index is 0.488. The summed E-state index contributed by atoms with van der Waals surface area (Å²) < 4.78 is 7.30. The van der Waals surface area contributed by atoms with Gasteiger partial charge in [0.15, 0.2) is 0 Å². The van der Waals surface area contributed by atoms with Crippen LogP contribution in [-0.4, -0.2) is 16.7 Å². The van der Waals surface area contributed by atoms with Crippen LogP contribution in [0.3, 0.4) is 0 Å². The zero-order valence-corrected chi connectivity index (χ0v) is 8.95. The van der Waals surface area contributed by atoms with Crippen LogP contribution in [-0.2, 0) is 0 Å². The molecule has 2 aromatic heterocycles. The summed E-state index contributed by atoms with van der Waals surface area (Å²) in [5.74, 6) is 0.641. The van der Waals surface area contributed by atoms with Crippen LogP contribution < -0.4 is 4.74 Å². The second-order valence-corrected chi connectivity index (χ2v) is 3.40. The molecule has 0 N–H and O–H groups in total. The first-order valence-corrected chi connectivity index (χ1v) is 4.68. The van der Waals surface area contributed by atoms with Gasteiger partial charge in [0.25, 0.3) is 0 Å². The van der Waals surface area contributed by atoms with Crippen molar-refractivity contribution in [3.63, 3.8) is 0 Å². The summed E-state index contributed by atoms with van der Waals surface area (Å²) in [6.45, 7) is 0. The van der Waals surface area contributed by atoms with E-state index in [4.69, 9.17) is 10.00 Å². The Bertz CT molecular complexity index is 527. The van der Waals surface area contributed by atoms with Crippen molar-refractivity contribution in [2.75, 3.05) is 7.11 Å². The van der Waals surface area contributed by atoms with E-state index >= 15 is 0 Å². The van der Waals surface area contributed by atoms with Gasteiger partial charge in [-0.05, 0) is 28.1 Å². The molecular formula is C9H6BrN3O. The lowest BCUT2D eigenvalue weighted by Crippen LogP contribution is -1.90. The molecule has 2 rings (SSSR count). The monoisotopic (exact) mass is 251 g/mol. The highest BCUT2D eigenvalue weighted by Crippen LogP contribution is 2.27. The smallest absolute Gasteiger partial charge is 0.147 e. The van der Waals surface area contributed by atoms with Crippen molar-refractivity contribution in [2.24, 2.45) is 0 Å². The lowest BCUT2D eigenvalue weighted by atomic mass is 10.2. The van der Waals surface area contributed by atoms with Gasteiger partial charge >= 0.3 is 0 Å². The molecule has 14 heavy (non-hydrogen) atoms. The van der Waals surface area contributed by atoms with E-state index in [1.165, 1.54) is 0 Å². The molecule has 4 nitrogen and oxygen atoms in total. The number of methoxy groups -OCH3 is 1. The van der Waals surface area contributed by atoms with Gasteiger partial charge in [-0.2, -0.15) is 10.4 Å². The number of hydrogen-bond donors (Lipinski definition) is 0. The molecule has 0 bridgehead atoms. The van der Waals surface area contributed by atoms with E-state index < -0.39 is 0 Å². The van der Waals surface area contributed by atoms with Crippen LogP contribution >= 0.6 is 15.9 Å². The van der Waals surface area contributed by atoms with Crippen LogP contribution in [0.25, 0.3) is 5.52 Å². The van der Waals surface area contributed by atoms with E-state index in [1.54, 1.807) is 23.9 Å². The average molecular weight is 252 g/mol. The fourth-order valence-electron chi connectivity index (χ4n) is 1.31. The molecule has 5 heteroatoms. The molecule has 0 radical (unpaired) electrons. The fourth-order valence-corrected chi connectivity index (χ4v) is 1.75. The Hall–Kier alpha value is -1.54. The first-order valence-electron chi connectivity index (χ1n) is 3.89. The maximum Gasteiger partial charge on any atom is 0.147 e. The number of nitriles is 1. The predicted molar refractivity (Wildman–Crippen MR) is 54.2 cm³/mol. The Labute approximate surface area is 88.8 Å². The number of halogens is 1. The third-order valence-corrected chi connectivity index (χ3v) is 2.46. The molecule has 0 aliphatic carbocycles. The Morgan fingerprint density at radius 3 is 3.07 bits per heavy atom. The lowest BCUT2D eigenvalue weighted by Gasteiger charge is -2.00. The summed E-state index contributed by atoms with van der Waals surface area (Å²) >= 11 is 3.22. The zero-order chi connectivity index (χ0) is 10.1. The van der Waals surface area contributed by atoms with Crippen molar-refractivity contribution in [2.45, 2.75) is 0 Å². The van der Waals surface area contributed by atoms with E-state index in [0.717, 1.165) is 0 Å². The molecule has 70 valence electrons. The highest BCUT2D eigenvalue weighted by atomic mass is 79.9. The fraction of sp³-hybridized carbons (Fsp3) is 0.111. The molecule has 0 aliphatic heterocycles. The number of aromatic nitrogens is 2. The van der Waals surface area contributed by atoms with Crippen LogP contribution in [0.15, 0.2) is 22.9 Å². The van der Waals surface area contributed by atoms with E-state index in [-0.39, 0.29) is 0 Å². The summed E-state index contributed by atoms with van der Waals surface area (Å²) in [5, 5.41) is 13.1. The van der Waals surface area contributed by atoms with Gasteiger partial charge in [-0.3, -0.25) is 0 Å². The highest BCUT2D eigenvalue weighted by Gasteiger charge is 2.13. The SMILES string of the molecule is COc1cccn2nc(Br)c(C#N)c12. The quantitative estimate of drug-likeness (QED) is 0.779. The van der Waals surface area contributed by atoms with E-state index in [1.807, 2.05) is 6.07 Å². The highest BCUT2D eigenvalue weighted by molar-refractivity contribution is 9.10. The van der Waals surface area contributed by atoms with Gasteiger partial charge in [0.05, 0.1) is 7.11 Å². The molecule has 0 saturated carbocycles. The molecule has 0 atom stereocenters. The van der Waals surface area contributed by atoms with Gasteiger partial charge in [0.1, 0.15) is 27.5 Å². The Balaban J connectivity index is 2.91. The summed E-state index contributed by atoms with van der Waals surface area (Å²) in [5.41, 5.74) is 1.17. The first-order chi connectivity index (χ1) is 6.77.